The largest absolute Gasteiger partial charge is 0.370 e. The van der Waals surface area contributed by atoms with E-state index in [1.165, 1.54) is 12.8 Å². The van der Waals surface area contributed by atoms with E-state index in [1.54, 1.807) is 0 Å². The summed E-state index contributed by atoms with van der Waals surface area (Å²) in [6.45, 7) is 9.83. The number of piperidine rings is 1. The second-order valence-corrected chi connectivity index (χ2v) is 5.48. The molecule has 0 radical (unpaired) electrons. The zero-order valence-electron chi connectivity index (χ0n) is 12.4. The van der Waals surface area contributed by atoms with Crippen molar-refractivity contribution >= 4 is 11.6 Å². The number of nitrogens with one attached hydrogen (secondary N) is 1. The first kappa shape index (κ1) is 14.1. The Kier molecular flexibility index (Phi) is 5.00. The van der Waals surface area contributed by atoms with Crippen LogP contribution in [-0.4, -0.2) is 29.6 Å². The second kappa shape index (κ2) is 6.73. The Labute approximate surface area is 116 Å². The van der Waals surface area contributed by atoms with Crippen LogP contribution in [0.4, 0.5) is 11.6 Å². The summed E-state index contributed by atoms with van der Waals surface area (Å²) in [5.74, 6) is 3.86. The lowest BCUT2D eigenvalue weighted by Gasteiger charge is -2.31. The molecule has 2 heterocycles. The highest BCUT2D eigenvalue weighted by molar-refractivity contribution is 5.49. The number of aromatic nitrogens is 2. The van der Waals surface area contributed by atoms with Gasteiger partial charge in [0.25, 0.3) is 0 Å². The molecule has 1 N–H and O–H groups in total. The van der Waals surface area contributed by atoms with Gasteiger partial charge in [0.2, 0.25) is 0 Å². The Morgan fingerprint density at radius 1 is 1.26 bits per heavy atom. The third-order valence-electron chi connectivity index (χ3n) is 3.74. The molecule has 1 aromatic rings. The van der Waals surface area contributed by atoms with E-state index in [1.807, 2.05) is 0 Å². The number of hydrogen-bond donors (Lipinski definition) is 1. The van der Waals surface area contributed by atoms with E-state index in [2.05, 4.69) is 47.0 Å². The smallest absolute Gasteiger partial charge is 0.134 e. The van der Waals surface area contributed by atoms with Crippen LogP contribution in [0.2, 0.25) is 0 Å². The van der Waals surface area contributed by atoms with Gasteiger partial charge < -0.3 is 10.2 Å². The van der Waals surface area contributed by atoms with Crippen LogP contribution in [0.1, 0.15) is 45.9 Å². The summed E-state index contributed by atoms with van der Waals surface area (Å²) in [5, 5.41) is 3.38. The van der Waals surface area contributed by atoms with Gasteiger partial charge in [-0.2, -0.15) is 0 Å². The maximum absolute atomic E-state index is 4.68. The minimum Gasteiger partial charge on any atom is -0.370 e. The molecule has 0 amide bonds. The molecule has 0 saturated carbocycles. The molecule has 0 bridgehead atoms. The maximum Gasteiger partial charge on any atom is 0.134 e. The van der Waals surface area contributed by atoms with Gasteiger partial charge in [0.05, 0.1) is 0 Å². The van der Waals surface area contributed by atoms with Crippen LogP contribution in [0.15, 0.2) is 6.07 Å². The highest BCUT2D eigenvalue weighted by Crippen LogP contribution is 2.23. The van der Waals surface area contributed by atoms with Crippen molar-refractivity contribution in [3.05, 3.63) is 11.9 Å². The van der Waals surface area contributed by atoms with Crippen molar-refractivity contribution in [2.75, 3.05) is 29.9 Å². The number of rotatable bonds is 5. The summed E-state index contributed by atoms with van der Waals surface area (Å²) >= 11 is 0. The number of anilines is 2. The van der Waals surface area contributed by atoms with Crippen molar-refractivity contribution in [3.63, 3.8) is 0 Å². The average molecular weight is 262 g/mol. The molecule has 1 saturated heterocycles. The second-order valence-electron chi connectivity index (χ2n) is 5.48. The zero-order valence-corrected chi connectivity index (χ0v) is 12.4. The molecular formula is C15H26N4. The monoisotopic (exact) mass is 262 g/mol. The fourth-order valence-corrected chi connectivity index (χ4v) is 2.38. The number of aryl methyl sites for hydroxylation is 1. The van der Waals surface area contributed by atoms with E-state index in [9.17, 15) is 0 Å². The molecule has 0 aliphatic carbocycles. The van der Waals surface area contributed by atoms with Gasteiger partial charge in [-0.25, -0.2) is 9.97 Å². The van der Waals surface area contributed by atoms with Gasteiger partial charge in [-0.15, -0.1) is 0 Å². The Bertz CT molecular complexity index is 397. The van der Waals surface area contributed by atoms with E-state index >= 15 is 0 Å². The average Bonchev–Trinajstić information content (AvgIpc) is 2.45. The summed E-state index contributed by atoms with van der Waals surface area (Å²) in [6.07, 6.45) is 4.53. The third-order valence-corrected chi connectivity index (χ3v) is 3.74. The van der Waals surface area contributed by atoms with E-state index in [4.69, 9.17) is 0 Å². The molecule has 1 aliphatic rings. The van der Waals surface area contributed by atoms with Crippen LogP contribution in [0.3, 0.4) is 0 Å². The first-order chi connectivity index (χ1) is 9.22. The Balaban J connectivity index is 2.14. The van der Waals surface area contributed by atoms with Gasteiger partial charge >= 0.3 is 0 Å². The first-order valence-electron chi connectivity index (χ1n) is 7.59. The molecule has 1 aromatic heterocycles. The van der Waals surface area contributed by atoms with Crippen molar-refractivity contribution in [2.45, 2.75) is 46.5 Å². The van der Waals surface area contributed by atoms with Crippen molar-refractivity contribution in [3.8, 4) is 0 Å². The van der Waals surface area contributed by atoms with Crippen LogP contribution in [0.25, 0.3) is 0 Å². The molecule has 0 unspecified atom stereocenters. The summed E-state index contributed by atoms with van der Waals surface area (Å²) in [6, 6.07) is 2.10. The molecule has 106 valence electrons. The van der Waals surface area contributed by atoms with Crippen LogP contribution in [0.5, 0.6) is 0 Å². The van der Waals surface area contributed by atoms with Crippen LogP contribution >= 0.6 is 0 Å². The van der Waals surface area contributed by atoms with Gasteiger partial charge in [0, 0.05) is 32.1 Å². The molecule has 1 aliphatic heterocycles. The molecule has 4 heteroatoms. The van der Waals surface area contributed by atoms with Crippen molar-refractivity contribution < 1.29 is 0 Å². The molecule has 1 fully saturated rings. The van der Waals surface area contributed by atoms with E-state index in [0.29, 0.717) is 0 Å². The number of hydrogen-bond acceptors (Lipinski definition) is 4. The summed E-state index contributed by atoms with van der Waals surface area (Å²) in [5.41, 5.74) is 0. The molecular weight excluding hydrogens is 236 g/mol. The van der Waals surface area contributed by atoms with Crippen LogP contribution in [-0.2, 0) is 6.42 Å². The highest BCUT2D eigenvalue weighted by atomic mass is 15.2. The fourth-order valence-electron chi connectivity index (χ4n) is 2.38. The lowest BCUT2D eigenvalue weighted by atomic mass is 9.99. The Hall–Kier alpha value is -1.32. The van der Waals surface area contributed by atoms with E-state index < -0.39 is 0 Å². The van der Waals surface area contributed by atoms with Gasteiger partial charge in [0.15, 0.2) is 0 Å². The number of nitrogens with zero attached hydrogens (tertiary/aromatic N) is 3. The molecule has 0 atom stereocenters. The van der Waals surface area contributed by atoms with E-state index in [0.717, 1.165) is 55.9 Å². The normalized spacial score (nSPS) is 16.7. The van der Waals surface area contributed by atoms with Gasteiger partial charge in [-0.05, 0) is 25.2 Å². The van der Waals surface area contributed by atoms with Crippen molar-refractivity contribution in [1.82, 2.24) is 9.97 Å². The SMILES string of the molecule is CCCNc1cc(N2CCC(C)CC2)nc(CC)n1. The topological polar surface area (TPSA) is 41.0 Å². The maximum atomic E-state index is 4.68. The molecule has 0 aromatic carbocycles. The minimum absolute atomic E-state index is 0.849. The standard InChI is InChI=1S/C15H26N4/c1-4-8-16-14-11-15(18-13(5-2)17-14)19-9-6-12(3)7-10-19/h11-12H,4-10H2,1-3H3,(H,16,17,18). The zero-order chi connectivity index (χ0) is 13.7. The molecule has 0 spiro atoms. The lowest BCUT2D eigenvalue weighted by Crippen LogP contribution is -2.33. The first-order valence-corrected chi connectivity index (χ1v) is 7.59. The third kappa shape index (κ3) is 3.82. The summed E-state index contributed by atoms with van der Waals surface area (Å²) < 4.78 is 0. The Morgan fingerprint density at radius 3 is 2.63 bits per heavy atom. The van der Waals surface area contributed by atoms with Gasteiger partial charge in [-0.1, -0.05) is 20.8 Å². The predicted molar refractivity (Wildman–Crippen MR) is 80.8 cm³/mol. The van der Waals surface area contributed by atoms with Crippen LogP contribution < -0.4 is 10.2 Å². The fraction of sp³-hybridized carbons (Fsp3) is 0.733. The highest BCUT2D eigenvalue weighted by Gasteiger charge is 2.18. The molecule has 4 nitrogen and oxygen atoms in total. The van der Waals surface area contributed by atoms with Crippen LogP contribution in [0, 0.1) is 5.92 Å². The molecule has 2 rings (SSSR count). The van der Waals surface area contributed by atoms with Crippen molar-refractivity contribution in [2.24, 2.45) is 5.92 Å². The van der Waals surface area contributed by atoms with Gasteiger partial charge in [-0.3, -0.25) is 0 Å². The Morgan fingerprint density at radius 2 is 2.00 bits per heavy atom. The predicted octanol–water partition coefficient (Wildman–Crippen LogP) is 3.10. The van der Waals surface area contributed by atoms with Crippen molar-refractivity contribution in [1.29, 1.82) is 0 Å². The minimum atomic E-state index is 0.849. The summed E-state index contributed by atoms with van der Waals surface area (Å²) in [7, 11) is 0. The quantitative estimate of drug-likeness (QED) is 0.885. The van der Waals surface area contributed by atoms with Gasteiger partial charge in [0.1, 0.15) is 17.5 Å². The lowest BCUT2D eigenvalue weighted by molar-refractivity contribution is 0.436. The van der Waals surface area contributed by atoms with E-state index in [-0.39, 0.29) is 0 Å². The molecule has 19 heavy (non-hydrogen) atoms. The summed E-state index contributed by atoms with van der Waals surface area (Å²) in [4.78, 5) is 11.6.